The van der Waals surface area contributed by atoms with Gasteiger partial charge in [-0.3, -0.25) is 14.9 Å². The van der Waals surface area contributed by atoms with E-state index in [0.717, 1.165) is 25.5 Å². The molecule has 1 spiro atoms. The molecule has 3 aliphatic heterocycles. The van der Waals surface area contributed by atoms with E-state index in [1.54, 1.807) is 20.0 Å². The molecule has 0 bridgehead atoms. The molecule has 1 N–H and O–H groups in total. The van der Waals surface area contributed by atoms with Crippen LogP contribution in [0, 0.1) is 6.92 Å². The highest BCUT2D eigenvalue weighted by atomic mass is 19.4. The van der Waals surface area contributed by atoms with Crippen molar-refractivity contribution in [2.24, 2.45) is 4.99 Å². The largest absolute Gasteiger partial charge is 0.461 e. The Hall–Kier alpha value is -3.75. The van der Waals surface area contributed by atoms with Crippen molar-refractivity contribution in [2.75, 3.05) is 57.9 Å². The highest BCUT2D eigenvalue weighted by molar-refractivity contribution is 5.99. The fourth-order valence-electron chi connectivity index (χ4n) is 9.65. The predicted molar refractivity (Wildman–Crippen MR) is 188 cm³/mol. The normalized spacial score (nSPS) is 28.3. The Morgan fingerprint density at radius 2 is 1.91 bits per heavy atom. The third kappa shape index (κ3) is 5.56. The zero-order valence-electron chi connectivity index (χ0n) is 30.1. The SMILES string of the molecule is CN=Cc1c(C)cc(C(F)(F)F)c(C2(F)CC2)c1-c1nccc2c1C1(CC1)c1nc(OC[C@@]34CCCN3C[C@H](F)C4)nc(N3CCOC[C@@](C)(O)C3)c1-2. The van der Waals surface area contributed by atoms with Crippen LogP contribution in [-0.2, 0) is 22.0 Å². The number of ether oxygens (including phenoxy) is 2. The van der Waals surface area contributed by atoms with E-state index < -0.39 is 45.7 Å². The summed E-state index contributed by atoms with van der Waals surface area (Å²) in [6.45, 7) is 5.72. The number of benzene rings is 1. The lowest BCUT2D eigenvalue weighted by Gasteiger charge is -2.32. The zero-order valence-corrected chi connectivity index (χ0v) is 30.1. The minimum absolute atomic E-state index is 0.0232. The molecular weight excluding hydrogens is 695 g/mol. The number of pyridine rings is 1. The second-order valence-electron chi connectivity index (χ2n) is 16.3. The minimum atomic E-state index is -4.80. The number of nitrogens with zero attached hydrogens (tertiary/aromatic N) is 6. The number of halogens is 5. The molecule has 6 aliphatic rings. The number of β-amino-alcohol motifs (C(OH)–C–C–N with tert-alkyl or cyclic N) is 1. The van der Waals surface area contributed by atoms with E-state index in [2.05, 4.69) is 9.89 Å². The van der Waals surface area contributed by atoms with Crippen molar-refractivity contribution in [3.63, 3.8) is 0 Å². The molecule has 2 saturated carbocycles. The number of alkyl halides is 5. The van der Waals surface area contributed by atoms with E-state index in [0.29, 0.717) is 78.3 Å². The lowest BCUT2D eigenvalue weighted by molar-refractivity contribution is -0.139. The molecule has 0 amide bonds. The van der Waals surface area contributed by atoms with Crippen LogP contribution < -0.4 is 9.64 Å². The van der Waals surface area contributed by atoms with Gasteiger partial charge in [-0.15, -0.1) is 0 Å². The average Bonchev–Trinajstić information content (AvgIpc) is 3.98. The lowest BCUT2D eigenvalue weighted by atomic mass is 9.82. The molecule has 5 fully saturated rings. The average molecular weight is 739 g/mol. The molecule has 3 aromatic rings. The third-order valence-electron chi connectivity index (χ3n) is 12.3. The second kappa shape index (κ2) is 11.9. The van der Waals surface area contributed by atoms with Gasteiger partial charge in [-0.25, -0.2) is 8.78 Å². The summed E-state index contributed by atoms with van der Waals surface area (Å²) in [6.07, 6.45) is 0.667. The molecule has 3 atom stereocenters. The zero-order chi connectivity index (χ0) is 37.1. The molecule has 1 aromatic carbocycles. The van der Waals surface area contributed by atoms with Gasteiger partial charge in [0.15, 0.2) is 0 Å². The molecule has 9 nitrogen and oxygen atoms in total. The first-order chi connectivity index (χ1) is 25.2. The molecule has 0 unspecified atom stereocenters. The van der Waals surface area contributed by atoms with Crippen LogP contribution in [0.4, 0.5) is 27.8 Å². The van der Waals surface area contributed by atoms with Crippen molar-refractivity contribution in [1.82, 2.24) is 19.9 Å². The molecule has 9 rings (SSSR count). The maximum absolute atomic E-state index is 16.5. The standard InChI is InChI=1S/C39H43F5N6O3/c1-22-15-26(39(42,43)44)30(38(41)9-10-38)27(25(22)17-45-3)31-29-24(5-11-46-31)28-32(37(29)7-8-37)47-34(48-33(28)49-13-14-52-20-35(2,51)19-49)53-21-36-6-4-12-50(36)18-23(40)16-36/h5,11,15,17,23,51H,4,6-10,12-14,16,18-21H2,1-3H3/t23-,35+,36+/m1/s1. The van der Waals surface area contributed by atoms with Crippen LogP contribution in [0.1, 0.15) is 85.4 Å². The molecule has 3 saturated heterocycles. The number of aliphatic hydroxyl groups is 1. The first kappa shape index (κ1) is 35.0. The van der Waals surface area contributed by atoms with E-state index in [-0.39, 0.29) is 49.9 Å². The van der Waals surface area contributed by atoms with Crippen molar-refractivity contribution in [1.29, 1.82) is 0 Å². The van der Waals surface area contributed by atoms with Crippen LogP contribution in [0.2, 0.25) is 0 Å². The second-order valence-corrected chi connectivity index (χ2v) is 16.3. The molecular formula is C39H43F5N6O3. The quantitative estimate of drug-likeness (QED) is 0.218. The Balaban J connectivity index is 1.25. The number of fused-ring (bicyclic) bond motifs is 6. The molecule has 5 heterocycles. The summed E-state index contributed by atoms with van der Waals surface area (Å²) in [5.74, 6) is 0.508. The highest BCUT2D eigenvalue weighted by Gasteiger charge is 2.59. The number of aromatic nitrogens is 3. The number of hydrogen-bond acceptors (Lipinski definition) is 9. The molecule has 0 radical (unpaired) electrons. The Morgan fingerprint density at radius 3 is 2.62 bits per heavy atom. The van der Waals surface area contributed by atoms with Gasteiger partial charge >= 0.3 is 12.2 Å². The Morgan fingerprint density at radius 1 is 1.11 bits per heavy atom. The minimum Gasteiger partial charge on any atom is -0.461 e. The predicted octanol–water partition coefficient (Wildman–Crippen LogP) is 6.48. The molecule has 2 aromatic heterocycles. The summed E-state index contributed by atoms with van der Waals surface area (Å²) < 4.78 is 87.8. The Labute approximate surface area is 304 Å². The number of aliphatic imine (C=N–C) groups is 1. The van der Waals surface area contributed by atoms with Crippen LogP contribution in [0.3, 0.4) is 0 Å². The first-order valence-corrected chi connectivity index (χ1v) is 18.5. The summed E-state index contributed by atoms with van der Waals surface area (Å²) >= 11 is 0. The van der Waals surface area contributed by atoms with E-state index in [9.17, 15) is 22.7 Å². The van der Waals surface area contributed by atoms with Crippen molar-refractivity contribution < 1.29 is 36.5 Å². The van der Waals surface area contributed by atoms with Crippen LogP contribution >= 0.6 is 0 Å². The van der Waals surface area contributed by atoms with Gasteiger partial charge in [-0.05, 0) is 87.7 Å². The van der Waals surface area contributed by atoms with Gasteiger partial charge in [0.1, 0.15) is 29.9 Å². The number of anilines is 1. The lowest BCUT2D eigenvalue weighted by Crippen LogP contribution is -2.44. The van der Waals surface area contributed by atoms with E-state index >= 15 is 4.39 Å². The van der Waals surface area contributed by atoms with Gasteiger partial charge in [0.25, 0.3) is 0 Å². The van der Waals surface area contributed by atoms with Crippen molar-refractivity contribution in [3.05, 3.63) is 51.8 Å². The van der Waals surface area contributed by atoms with Gasteiger partial charge in [0.05, 0.1) is 42.2 Å². The summed E-state index contributed by atoms with van der Waals surface area (Å²) in [4.78, 5) is 23.2. The molecule has 3 aliphatic carbocycles. The summed E-state index contributed by atoms with van der Waals surface area (Å²) in [5.41, 5.74) is -2.10. The van der Waals surface area contributed by atoms with Crippen LogP contribution in [0.25, 0.3) is 22.4 Å². The number of hydrogen-bond donors (Lipinski definition) is 1. The van der Waals surface area contributed by atoms with Gasteiger partial charge in [-0.1, -0.05) is 0 Å². The van der Waals surface area contributed by atoms with Crippen LogP contribution in [0.15, 0.2) is 23.3 Å². The smallest absolute Gasteiger partial charge is 0.416 e. The molecule has 282 valence electrons. The maximum Gasteiger partial charge on any atom is 0.416 e. The van der Waals surface area contributed by atoms with Gasteiger partial charge < -0.3 is 19.5 Å². The molecule has 53 heavy (non-hydrogen) atoms. The number of aryl methyl sites for hydroxylation is 1. The summed E-state index contributed by atoms with van der Waals surface area (Å²) in [7, 11) is 1.54. The fourth-order valence-corrected chi connectivity index (χ4v) is 9.65. The van der Waals surface area contributed by atoms with Crippen molar-refractivity contribution in [2.45, 2.75) is 93.4 Å². The highest BCUT2D eigenvalue weighted by Crippen LogP contribution is 2.66. The molecule has 14 heteroatoms. The summed E-state index contributed by atoms with van der Waals surface area (Å²) in [5, 5.41) is 11.3. The first-order valence-electron chi connectivity index (χ1n) is 18.5. The Bertz CT molecular complexity index is 2030. The van der Waals surface area contributed by atoms with E-state index in [1.165, 1.54) is 13.3 Å². The van der Waals surface area contributed by atoms with Crippen molar-refractivity contribution in [3.8, 4) is 28.4 Å². The van der Waals surface area contributed by atoms with Gasteiger partial charge in [0, 0.05) is 66.6 Å². The van der Waals surface area contributed by atoms with Gasteiger partial charge in [-0.2, -0.15) is 23.1 Å². The maximum atomic E-state index is 16.5. The fraction of sp³-hybridized carbons (Fsp3) is 0.590. The monoisotopic (exact) mass is 738 g/mol. The summed E-state index contributed by atoms with van der Waals surface area (Å²) in [6, 6.07) is 2.98. The topological polar surface area (TPSA) is 96.2 Å². The van der Waals surface area contributed by atoms with Crippen LogP contribution in [-0.4, -0.2) is 102 Å². The van der Waals surface area contributed by atoms with Gasteiger partial charge in [0.2, 0.25) is 0 Å². The number of rotatable bonds is 7. The van der Waals surface area contributed by atoms with E-state index in [4.69, 9.17) is 24.4 Å². The van der Waals surface area contributed by atoms with E-state index in [1.807, 2.05) is 11.0 Å². The third-order valence-corrected chi connectivity index (χ3v) is 12.3. The van der Waals surface area contributed by atoms with Crippen LogP contribution in [0.5, 0.6) is 6.01 Å². The Kier molecular flexibility index (Phi) is 7.84. The van der Waals surface area contributed by atoms with Crippen molar-refractivity contribution >= 4 is 12.0 Å².